The van der Waals surface area contributed by atoms with Crippen LogP contribution in [0, 0.1) is 17.8 Å². The van der Waals surface area contributed by atoms with Crippen LogP contribution in [0.15, 0.2) is 79.1 Å². The van der Waals surface area contributed by atoms with Gasteiger partial charge < -0.3 is 14.0 Å². The van der Waals surface area contributed by atoms with Crippen molar-refractivity contribution in [1.82, 2.24) is 14.3 Å². The van der Waals surface area contributed by atoms with Crippen LogP contribution in [-0.4, -0.2) is 32.8 Å². The maximum absolute atomic E-state index is 14.1. The highest BCUT2D eigenvalue weighted by Gasteiger charge is 2.51. The number of fused-ring (bicyclic) bond motifs is 3. The number of likely N-dealkylation sites (tertiary alicyclic amines) is 1. The van der Waals surface area contributed by atoms with E-state index in [-0.39, 0.29) is 22.7 Å². The van der Waals surface area contributed by atoms with Crippen LogP contribution in [-0.2, 0) is 11.4 Å². The third-order valence-electron chi connectivity index (χ3n) is 8.80. The summed E-state index contributed by atoms with van der Waals surface area (Å²) in [7, 11) is 0. The Morgan fingerprint density at radius 3 is 2.59 bits per heavy atom. The minimum Gasteiger partial charge on any atom is -0.485 e. The lowest BCUT2D eigenvalue weighted by Gasteiger charge is -2.39. The van der Waals surface area contributed by atoms with E-state index >= 15 is 0 Å². The first-order valence-corrected chi connectivity index (χ1v) is 14.2. The van der Waals surface area contributed by atoms with Crippen molar-refractivity contribution in [2.24, 2.45) is 10.8 Å². The van der Waals surface area contributed by atoms with E-state index in [4.69, 9.17) is 9.72 Å². The maximum Gasteiger partial charge on any atom is 0.223 e. The third kappa shape index (κ3) is 5.07. The molecular formula is C34H39N3O2. The van der Waals surface area contributed by atoms with Crippen LogP contribution in [0.25, 0.3) is 5.65 Å². The predicted octanol–water partition coefficient (Wildman–Crippen LogP) is 7.17. The van der Waals surface area contributed by atoms with Gasteiger partial charge in [-0.15, -0.1) is 0 Å². The van der Waals surface area contributed by atoms with E-state index in [1.165, 1.54) is 17.5 Å². The molecule has 3 heterocycles. The van der Waals surface area contributed by atoms with Gasteiger partial charge in [-0.2, -0.15) is 0 Å². The largest absolute Gasteiger partial charge is 0.485 e. The molecule has 3 atom stereocenters. The number of hydrogen-bond donors (Lipinski definition) is 0. The summed E-state index contributed by atoms with van der Waals surface area (Å²) >= 11 is 0. The molecule has 2 fully saturated rings. The second kappa shape index (κ2) is 9.86. The lowest BCUT2D eigenvalue weighted by atomic mass is 9.65. The zero-order chi connectivity index (χ0) is 27.2. The fraction of sp³-hybridized carbons (Fsp3) is 0.412. The number of amides is 1. The van der Waals surface area contributed by atoms with Gasteiger partial charge in [0.1, 0.15) is 6.61 Å². The van der Waals surface area contributed by atoms with Crippen molar-refractivity contribution in [1.29, 1.82) is 0 Å². The Bertz CT molecular complexity index is 1490. The predicted molar refractivity (Wildman–Crippen MR) is 155 cm³/mol. The highest BCUT2D eigenvalue weighted by atomic mass is 16.5. The summed E-state index contributed by atoms with van der Waals surface area (Å²) in [5, 5.41) is 0. The number of carbonyl (C=O) groups is 1. The van der Waals surface area contributed by atoms with Crippen LogP contribution in [0.2, 0.25) is 0 Å². The van der Waals surface area contributed by atoms with Crippen LogP contribution in [0.4, 0.5) is 0 Å². The van der Waals surface area contributed by atoms with Gasteiger partial charge in [0, 0.05) is 37.3 Å². The van der Waals surface area contributed by atoms with E-state index in [9.17, 15) is 4.79 Å². The molecule has 1 saturated carbocycles. The van der Waals surface area contributed by atoms with Crippen LogP contribution in [0.3, 0.4) is 0 Å². The Kier molecular flexibility index (Phi) is 6.49. The SMILES string of the molecule is Cc1ccccc1C(CC(=O)N1CC2(C)CC1CC(C)(C)C2)c1cnc2c(OCc3ccccc3)cccn12. The van der Waals surface area contributed by atoms with Crippen LogP contribution in [0.1, 0.15) is 74.8 Å². The summed E-state index contributed by atoms with van der Waals surface area (Å²) < 4.78 is 8.32. The number of aromatic nitrogens is 2. The molecule has 5 nitrogen and oxygen atoms in total. The van der Waals surface area contributed by atoms with Crippen LogP contribution < -0.4 is 4.74 Å². The summed E-state index contributed by atoms with van der Waals surface area (Å²) in [6.07, 6.45) is 7.79. The lowest BCUT2D eigenvalue weighted by Crippen LogP contribution is -2.38. The van der Waals surface area contributed by atoms with Crippen molar-refractivity contribution in [3.8, 4) is 5.75 Å². The minimum atomic E-state index is -0.0978. The molecule has 202 valence electrons. The summed E-state index contributed by atoms with van der Waals surface area (Å²) in [5.41, 5.74) is 5.77. The molecule has 2 aromatic heterocycles. The second-order valence-electron chi connectivity index (χ2n) is 12.9. The van der Waals surface area contributed by atoms with Crippen molar-refractivity contribution in [3.63, 3.8) is 0 Å². The topological polar surface area (TPSA) is 46.8 Å². The molecule has 0 N–H and O–H groups in total. The fourth-order valence-corrected chi connectivity index (χ4v) is 7.50. The number of hydrogen-bond acceptors (Lipinski definition) is 3. The average molecular weight is 522 g/mol. The summed E-state index contributed by atoms with van der Waals surface area (Å²) in [6.45, 7) is 10.6. The van der Waals surface area contributed by atoms with E-state index in [0.29, 0.717) is 19.1 Å². The first-order valence-electron chi connectivity index (χ1n) is 14.2. The van der Waals surface area contributed by atoms with E-state index < -0.39 is 0 Å². The molecule has 6 rings (SSSR count). The number of aryl methyl sites for hydroxylation is 1. The number of imidazole rings is 1. The van der Waals surface area contributed by atoms with E-state index in [0.717, 1.165) is 42.0 Å². The van der Waals surface area contributed by atoms with E-state index in [2.05, 4.69) is 73.4 Å². The minimum absolute atomic E-state index is 0.0978. The van der Waals surface area contributed by atoms with Gasteiger partial charge in [0.15, 0.2) is 11.4 Å². The quantitative estimate of drug-likeness (QED) is 0.259. The first-order chi connectivity index (χ1) is 18.7. The number of pyridine rings is 1. The van der Waals surface area contributed by atoms with Gasteiger partial charge in [-0.1, -0.05) is 75.4 Å². The number of nitrogens with zero attached hydrogens (tertiary/aromatic N) is 3. The molecule has 0 radical (unpaired) electrons. The van der Waals surface area contributed by atoms with Crippen molar-refractivity contribution in [2.75, 3.05) is 6.54 Å². The van der Waals surface area contributed by atoms with Gasteiger partial charge in [-0.3, -0.25) is 4.79 Å². The summed E-state index contributed by atoms with van der Waals surface area (Å²) in [5.74, 6) is 0.895. The zero-order valence-corrected chi connectivity index (χ0v) is 23.6. The molecule has 1 aliphatic carbocycles. The first kappa shape index (κ1) is 25.7. The number of carbonyl (C=O) groups excluding carboxylic acids is 1. The van der Waals surface area contributed by atoms with Gasteiger partial charge in [-0.25, -0.2) is 4.98 Å². The van der Waals surface area contributed by atoms with Crippen molar-refractivity contribution < 1.29 is 9.53 Å². The van der Waals surface area contributed by atoms with Crippen molar-refractivity contribution in [2.45, 2.75) is 71.9 Å². The van der Waals surface area contributed by atoms with E-state index in [1.54, 1.807) is 0 Å². The fourth-order valence-electron chi connectivity index (χ4n) is 7.50. The molecule has 2 bridgehead atoms. The van der Waals surface area contributed by atoms with E-state index in [1.807, 2.05) is 42.7 Å². The standard InChI is InChI=1S/C34H39N3O2/c1-24-11-8-9-14-27(24)28(17-31(38)37-23-34(4)19-26(37)18-33(2,3)22-34)29-20-35-32-30(15-10-16-36(29)32)39-21-25-12-6-5-7-13-25/h5-16,20,26,28H,17-19,21-23H2,1-4H3. The Balaban J connectivity index is 1.32. The Hall–Kier alpha value is -3.60. The summed E-state index contributed by atoms with van der Waals surface area (Å²) in [4.78, 5) is 21.1. The van der Waals surface area contributed by atoms with Crippen LogP contribution in [0.5, 0.6) is 5.75 Å². The molecule has 0 spiro atoms. The number of benzene rings is 2. The Morgan fingerprint density at radius 1 is 1.03 bits per heavy atom. The molecule has 1 amide bonds. The zero-order valence-electron chi connectivity index (χ0n) is 23.6. The molecule has 2 aliphatic rings. The molecule has 39 heavy (non-hydrogen) atoms. The van der Waals surface area contributed by atoms with Crippen LogP contribution >= 0.6 is 0 Å². The Morgan fingerprint density at radius 2 is 1.79 bits per heavy atom. The summed E-state index contributed by atoms with van der Waals surface area (Å²) in [6, 6.07) is 22.9. The molecule has 1 aliphatic heterocycles. The van der Waals surface area contributed by atoms with Gasteiger partial charge in [0.05, 0.1) is 5.69 Å². The lowest BCUT2D eigenvalue weighted by molar-refractivity contribution is -0.132. The number of rotatable bonds is 7. The highest BCUT2D eigenvalue weighted by Crippen LogP contribution is 2.53. The van der Waals surface area contributed by atoms with Crippen molar-refractivity contribution >= 4 is 11.6 Å². The Labute approximate surface area is 231 Å². The number of ether oxygens (including phenoxy) is 1. The molecule has 5 heteroatoms. The molecular weight excluding hydrogens is 482 g/mol. The third-order valence-corrected chi connectivity index (χ3v) is 8.80. The molecule has 3 unspecified atom stereocenters. The molecule has 1 saturated heterocycles. The maximum atomic E-state index is 14.1. The van der Waals surface area contributed by atoms with Gasteiger partial charge >= 0.3 is 0 Å². The molecule has 2 aromatic carbocycles. The average Bonchev–Trinajstić information content (AvgIpc) is 3.44. The van der Waals surface area contributed by atoms with Gasteiger partial charge in [0.2, 0.25) is 5.91 Å². The smallest absolute Gasteiger partial charge is 0.223 e. The monoisotopic (exact) mass is 521 g/mol. The highest BCUT2D eigenvalue weighted by molar-refractivity contribution is 5.79. The van der Waals surface area contributed by atoms with Gasteiger partial charge in [-0.05, 0) is 65.8 Å². The van der Waals surface area contributed by atoms with Crippen molar-refractivity contribution in [3.05, 3.63) is 102 Å². The second-order valence-corrected chi connectivity index (χ2v) is 12.9. The van der Waals surface area contributed by atoms with Gasteiger partial charge in [0.25, 0.3) is 0 Å². The normalized spacial score (nSPS) is 22.7. The molecule has 4 aromatic rings.